The summed E-state index contributed by atoms with van der Waals surface area (Å²) < 4.78 is 11.8. The standard InChI is InChI=1S/C24H29BrN2O3/c1-29-21-9-4-18(16-22(21)30-2)17-26-12-14-27(15-13-26)23(28)24(10-3-11-24)19-5-7-20(25)8-6-19/h4-9,16H,3,10-15,17H2,1-2H3. The van der Waals surface area contributed by atoms with E-state index in [0.29, 0.717) is 5.91 Å². The van der Waals surface area contributed by atoms with E-state index in [1.807, 2.05) is 24.3 Å². The van der Waals surface area contributed by atoms with Gasteiger partial charge in [-0.25, -0.2) is 0 Å². The van der Waals surface area contributed by atoms with Gasteiger partial charge in [0.05, 0.1) is 19.6 Å². The van der Waals surface area contributed by atoms with Crippen LogP contribution in [0.25, 0.3) is 0 Å². The smallest absolute Gasteiger partial charge is 0.233 e. The van der Waals surface area contributed by atoms with Gasteiger partial charge in [-0.1, -0.05) is 40.5 Å². The molecule has 1 aliphatic heterocycles. The van der Waals surface area contributed by atoms with Gasteiger partial charge in [-0.15, -0.1) is 0 Å². The van der Waals surface area contributed by atoms with Crippen molar-refractivity contribution in [3.05, 3.63) is 58.1 Å². The van der Waals surface area contributed by atoms with Crippen molar-refractivity contribution < 1.29 is 14.3 Å². The van der Waals surface area contributed by atoms with Gasteiger partial charge in [0.2, 0.25) is 5.91 Å². The third-order valence-electron chi connectivity index (χ3n) is 6.53. The lowest BCUT2D eigenvalue weighted by molar-refractivity contribution is -0.142. The molecule has 1 saturated carbocycles. The Morgan fingerprint density at radius 2 is 1.63 bits per heavy atom. The molecule has 1 saturated heterocycles. The summed E-state index contributed by atoms with van der Waals surface area (Å²) in [5.74, 6) is 1.81. The largest absolute Gasteiger partial charge is 0.493 e. The zero-order valence-electron chi connectivity index (χ0n) is 17.7. The second kappa shape index (κ2) is 8.98. The molecule has 0 radical (unpaired) electrons. The second-order valence-corrected chi connectivity index (χ2v) is 9.12. The van der Waals surface area contributed by atoms with Gasteiger partial charge in [0.1, 0.15) is 0 Å². The summed E-state index contributed by atoms with van der Waals surface area (Å²) in [5, 5.41) is 0. The normalized spacial score (nSPS) is 18.6. The molecule has 4 rings (SSSR count). The lowest BCUT2D eigenvalue weighted by Crippen LogP contribution is -2.56. The highest BCUT2D eigenvalue weighted by molar-refractivity contribution is 9.10. The predicted molar refractivity (Wildman–Crippen MR) is 121 cm³/mol. The summed E-state index contributed by atoms with van der Waals surface area (Å²) >= 11 is 3.50. The first-order chi connectivity index (χ1) is 14.6. The van der Waals surface area contributed by atoms with Crippen LogP contribution in [0, 0.1) is 0 Å². The zero-order chi connectivity index (χ0) is 21.1. The first-order valence-electron chi connectivity index (χ1n) is 10.5. The maximum atomic E-state index is 13.5. The van der Waals surface area contributed by atoms with E-state index >= 15 is 0 Å². The number of benzene rings is 2. The molecule has 2 aliphatic rings. The molecule has 30 heavy (non-hydrogen) atoms. The summed E-state index contributed by atoms with van der Waals surface area (Å²) in [6.45, 7) is 4.18. The van der Waals surface area contributed by atoms with Crippen molar-refractivity contribution in [2.24, 2.45) is 0 Å². The highest BCUT2D eigenvalue weighted by Gasteiger charge is 2.47. The second-order valence-electron chi connectivity index (χ2n) is 8.20. The number of ether oxygens (including phenoxy) is 2. The number of hydrogen-bond acceptors (Lipinski definition) is 4. The van der Waals surface area contributed by atoms with Gasteiger partial charge in [0, 0.05) is 37.2 Å². The third kappa shape index (κ3) is 4.08. The van der Waals surface area contributed by atoms with Crippen molar-refractivity contribution in [2.75, 3.05) is 40.4 Å². The molecule has 6 heteroatoms. The lowest BCUT2D eigenvalue weighted by atomic mass is 9.63. The first-order valence-corrected chi connectivity index (χ1v) is 11.3. The Hall–Kier alpha value is -2.05. The third-order valence-corrected chi connectivity index (χ3v) is 7.06. The molecule has 2 aromatic rings. The number of halogens is 1. The van der Waals surface area contributed by atoms with Gasteiger partial charge in [-0.2, -0.15) is 0 Å². The number of amides is 1. The van der Waals surface area contributed by atoms with Crippen LogP contribution in [0.5, 0.6) is 11.5 Å². The molecule has 0 bridgehead atoms. The van der Waals surface area contributed by atoms with Crippen LogP contribution in [0.2, 0.25) is 0 Å². The molecule has 1 heterocycles. The molecule has 0 aromatic heterocycles. The van der Waals surface area contributed by atoms with Crippen molar-refractivity contribution in [3.63, 3.8) is 0 Å². The van der Waals surface area contributed by atoms with E-state index in [2.05, 4.69) is 43.9 Å². The average Bonchev–Trinajstić information content (AvgIpc) is 2.74. The molecule has 1 aliphatic carbocycles. The minimum absolute atomic E-state index is 0.307. The van der Waals surface area contributed by atoms with E-state index < -0.39 is 0 Å². The van der Waals surface area contributed by atoms with E-state index in [4.69, 9.17) is 9.47 Å². The molecule has 5 nitrogen and oxygen atoms in total. The summed E-state index contributed by atoms with van der Waals surface area (Å²) in [7, 11) is 3.31. The maximum absolute atomic E-state index is 13.5. The van der Waals surface area contributed by atoms with E-state index in [1.165, 1.54) is 5.56 Å². The molecule has 0 N–H and O–H groups in total. The van der Waals surface area contributed by atoms with Crippen molar-refractivity contribution in [3.8, 4) is 11.5 Å². The molecule has 2 aromatic carbocycles. The number of carbonyl (C=O) groups is 1. The highest BCUT2D eigenvalue weighted by Crippen LogP contribution is 2.45. The quantitative estimate of drug-likeness (QED) is 0.630. The summed E-state index contributed by atoms with van der Waals surface area (Å²) in [6, 6.07) is 14.4. The lowest BCUT2D eigenvalue weighted by Gasteiger charge is -2.46. The van der Waals surface area contributed by atoms with Gasteiger partial charge in [0.15, 0.2) is 11.5 Å². The summed E-state index contributed by atoms with van der Waals surface area (Å²) in [6.07, 6.45) is 3.04. The van der Waals surface area contributed by atoms with Gasteiger partial charge in [-0.05, 0) is 48.2 Å². The Balaban J connectivity index is 1.38. The van der Waals surface area contributed by atoms with Crippen LogP contribution >= 0.6 is 15.9 Å². The first kappa shape index (κ1) is 21.2. The van der Waals surface area contributed by atoms with E-state index in [0.717, 1.165) is 73.5 Å². The van der Waals surface area contributed by atoms with Gasteiger partial charge in [0.25, 0.3) is 0 Å². The van der Waals surface area contributed by atoms with Crippen LogP contribution in [0.4, 0.5) is 0 Å². The van der Waals surface area contributed by atoms with Crippen molar-refractivity contribution >= 4 is 21.8 Å². The zero-order valence-corrected chi connectivity index (χ0v) is 19.3. The fourth-order valence-electron chi connectivity index (χ4n) is 4.57. The average molecular weight is 473 g/mol. The summed E-state index contributed by atoms with van der Waals surface area (Å²) in [4.78, 5) is 17.9. The number of nitrogens with zero attached hydrogens (tertiary/aromatic N) is 2. The minimum atomic E-state index is -0.313. The minimum Gasteiger partial charge on any atom is -0.493 e. The van der Waals surface area contributed by atoms with Crippen LogP contribution in [0.15, 0.2) is 46.9 Å². The topological polar surface area (TPSA) is 42.0 Å². The van der Waals surface area contributed by atoms with Crippen LogP contribution in [0.1, 0.15) is 30.4 Å². The Morgan fingerprint density at radius 1 is 0.967 bits per heavy atom. The highest BCUT2D eigenvalue weighted by atomic mass is 79.9. The van der Waals surface area contributed by atoms with Crippen LogP contribution < -0.4 is 9.47 Å². The van der Waals surface area contributed by atoms with E-state index in [1.54, 1.807) is 14.2 Å². The van der Waals surface area contributed by atoms with Crippen molar-refractivity contribution in [2.45, 2.75) is 31.2 Å². The number of piperazine rings is 1. The van der Waals surface area contributed by atoms with Crippen LogP contribution in [0.3, 0.4) is 0 Å². The number of rotatable bonds is 6. The maximum Gasteiger partial charge on any atom is 0.233 e. The number of methoxy groups -OCH3 is 2. The molecule has 2 fully saturated rings. The van der Waals surface area contributed by atoms with Crippen molar-refractivity contribution in [1.82, 2.24) is 9.80 Å². The molecule has 0 spiro atoms. The Bertz CT molecular complexity index is 888. The molecule has 0 unspecified atom stereocenters. The van der Waals surface area contributed by atoms with Crippen LogP contribution in [-0.2, 0) is 16.8 Å². The monoisotopic (exact) mass is 472 g/mol. The molecule has 0 atom stereocenters. The Labute approximate surface area is 187 Å². The number of carbonyl (C=O) groups excluding carboxylic acids is 1. The van der Waals surface area contributed by atoms with E-state index in [9.17, 15) is 4.79 Å². The Kier molecular flexibility index (Phi) is 6.34. The Morgan fingerprint density at radius 3 is 2.20 bits per heavy atom. The fourth-order valence-corrected chi connectivity index (χ4v) is 4.84. The van der Waals surface area contributed by atoms with Gasteiger partial charge < -0.3 is 14.4 Å². The van der Waals surface area contributed by atoms with E-state index in [-0.39, 0.29) is 5.41 Å². The molecular weight excluding hydrogens is 444 g/mol. The van der Waals surface area contributed by atoms with Crippen molar-refractivity contribution in [1.29, 1.82) is 0 Å². The number of hydrogen-bond donors (Lipinski definition) is 0. The van der Waals surface area contributed by atoms with Crippen LogP contribution in [-0.4, -0.2) is 56.1 Å². The van der Waals surface area contributed by atoms with Gasteiger partial charge in [-0.3, -0.25) is 9.69 Å². The predicted octanol–water partition coefficient (Wildman–Crippen LogP) is 4.23. The summed E-state index contributed by atoms with van der Waals surface area (Å²) in [5.41, 5.74) is 2.04. The molecular formula is C24H29BrN2O3. The fraction of sp³-hybridized carbons (Fsp3) is 0.458. The molecule has 160 valence electrons. The SMILES string of the molecule is COc1ccc(CN2CCN(C(=O)C3(c4ccc(Br)cc4)CCC3)CC2)cc1OC. The molecule has 1 amide bonds. The van der Waals surface area contributed by atoms with Gasteiger partial charge >= 0.3 is 0 Å².